The molecule has 0 saturated carbocycles. The van der Waals surface area contributed by atoms with Gasteiger partial charge in [0.1, 0.15) is 11.5 Å². The molecular formula is C28H43N2O3+. The van der Waals surface area contributed by atoms with Gasteiger partial charge in [-0.15, -0.1) is 0 Å². The van der Waals surface area contributed by atoms with Gasteiger partial charge >= 0.3 is 0 Å². The standard InChI is InChI=1S/C28H42N2O3/c1-5-7-9-11-13-19-32-26-21-25(23-15-17-24(31-4)18-16-23)28(22(3)27(26)30-29)33-20-14-12-10-8-6-2/h15-18,21,29H,5-14,19-20H2,1-4H3/p+1. The van der Waals surface area contributed by atoms with Gasteiger partial charge in [-0.25, -0.2) is 0 Å². The van der Waals surface area contributed by atoms with Crippen LogP contribution in [0.3, 0.4) is 0 Å². The highest BCUT2D eigenvalue weighted by molar-refractivity contribution is 5.79. The first kappa shape index (κ1) is 26.7. The Balaban J connectivity index is 2.26. The Morgan fingerprint density at radius 3 is 1.91 bits per heavy atom. The Morgan fingerprint density at radius 1 is 0.788 bits per heavy atom. The van der Waals surface area contributed by atoms with Gasteiger partial charge in [-0.05, 0) is 48.6 Å². The van der Waals surface area contributed by atoms with Crippen molar-refractivity contribution < 1.29 is 19.7 Å². The van der Waals surface area contributed by atoms with Crippen molar-refractivity contribution >= 4 is 5.69 Å². The van der Waals surface area contributed by atoms with Gasteiger partial charge in [-0.3, -0.25) is 0 Å². The summed E-state index contributed by atoms with van der Waals surface area (Å²) in [5.74, 6) is 2.37. The summed E-state index contributed by atoms with van der Waals surface area (Å²) < 4.78 is 17.8. The van der Waals surface area contributed by atoms with Crippen molar-refractivity contribution in [1.82, 2.24) is 0 Å². The van der Waals surface area contributed by atoms with E-state index in [4.69, 9.17) is 19.7 Å². The van der Waals surface area contributed by atoms with Crippen molar-refractivity contribution in [2.45, 2.75) is 85.0 Å². The normalized spacial score (nSPS) is 10.8. The molecule has 2 aromatic rings. The topological polar surface area (TPSA) is 65.6 Å². The van der Waals surface area contributed by atoms with Crippen LogP contribution in [-0.4, -0.2) is 20.3 Å². The molecule has 0 saturated heterocycles. The summed E-state index contributed by atoms with van der Waals surface area (Å²) in [4.78, 5) is 0. The molecule has 0 amide bonds. The van der Waals surface area contributed by atoms with Gasteiger partial charge in [0.2, 0.25) is 0 Å². The molecule has 0 aliphatic carbocycles. The Labute approximate surface area is 200 Å². The van der Waals surface area contributed by atoms with Crippen LogP contribution in [0.2, 0.25) is 0 Å². The number of hydrogen-bond acceptors (Lipinski definition) is 4. The predicted molar refractivity (Wildman–Crippen MR) is 136 cm³/mol. The molecule has 0 radical (unpaired) electrons. The lowest BCUT2D eigenvalue weighted by atomic mass is 9.99. The number of ether oxygens (including phenoxy) is 3. The fourth-order valence-electron chi connectivity index (χ4n) is 3.97. The molecule has 0 fully saturated rings. The fourth-order valence-corrected chi connectivity index (χ4v) is 3.97. The summed E-state index contributed by atoms with van der Waals surface area (Å²) >= 11 is 0. The quantitative estimate of drug-likeness (QED) is 0.202. The van der Waals surface area contributed by atoms with E-state index < -0.39 is 0 Å². The van der Waals surface area contributed by atoms with E-state index in [9.17, 15) is 0 Å². The summed E-state index contributed by atoms with van der Waals surface area (Å²) in [7, 11) is 1.68. The number of unbranched alkanes of at least 4 members (excludes halogenated alkanes) is 8. The van der Waals surface area contributed by atoms with Crippen molar-refractivity contribution in [3.8, 4) is 28.4 Å². The molecule has 182 valence electrons. The molecule has 5 heteroatoms. The number of methoxy groups -OCH3 is 1. The Hall–Kier alpha value is -2.56. The highest BCUT2D eigenvalue weighted by Crippen LogP contribution is 2.44. The van der Waals surface area contributed by atoms with E-state index in [0.717, 1.165) is 41.0 Å². The third-order valence-electron chi connectivity index (χ3n) is 5.98. The van der Waals surface area contributed by atoms with Crippen molar-refractivity contribution in [3.05, 3.63) is 35.9 Å². The largest absolute Gasteiger partial charge is 0.497 e. The maximum absolute atomic E-state index is 6.32. The van der Waals surface area contributed by atoms with E-state index in [2.05, 4.69) is 31.1 Å². The molecule has 0 bridgehead atoms. The van der Waals surface area contributed by atoms with Crippen LogP contribution in [-0.2, 0) is 0 Å². The number of benzene rings is 2. The summed E-state index contributed by atoms with van der Waals surface area (Å²) in [6.45, 7) is 7.80. The van der Waals surface area contributed by atoms with Crippen LogP contribution >= 0.6 is 0 Å². The van der Waals surface area contributed by atoms with Crippen LogP contribution < -0.4 is 19.7 Å². The average molecular weight is 456 g/mol. The molecule has 0 unspecified atom stereocenters. The minimum atomic E-state index is 0.658. The molecule has 0 aliphatic heterocycles. The SMILES string of the molecule is CCCCCCCOc1cc(-c2ccc(OC)cc2)c(OCCCCCCC)c(C)c1N=[NH2+]. The number of hydrogen-bond donors (Lipinski definition) is 1. The van der Waals surface area contributed by atoms with E-state index in [-0.39, 0.29) is 0 Å². The Morgan fingerprint density at radius 2 is 1.36 bits per heavy atom. The van der Waals surface area contributed by atoms with Crippen LogP contribution in [0.5, 0.6) is 17.2 Å². The number of nitrogens with zero attached hydrogens (tertiary/aromatic N) is 1. The second kappa shape index (κ2) is 15.3. The summed E-state index contributed by atoms with van der Waals surface area (Å²) in [6.07, 6.45) is 11.9. The molecule has 5 nitrogen and oxygen atoms in total. The van der Waals surface area contributed by atoms with E-state index in [1.165, 1.54) is 51.4 Å². The van der Waals surface area contributed by atoms with Gasteiger partial charge < -0.3 is 14.2 Å². The van der Waals surface area contributed by atoms with Crippen molar-refractivity contribution in [2.24, 2.45) is 5.11 Å². The maximum Gasteiger partial charge on any atom is 0.178 e. The zero-order valence-corrected chi connectivity index (χ0v) is 21.1. The van der Waals surface area contributed by atoms with Crippen LogP contribution in [0.1, 0.15) is 83.6 Å². The first-order valence-corrected chi connectivity index (χ1v) is 12.6. The van der Waals surface area contributed by atoms with E-state index >= 15 is 0 Å². The monoisotopic (exact) mass is 455 g/mol. The first-order valence-electron chi connectivity index (χ1n) is 12.6. The number of rotatable bonds is 17. The second-order valence-corrected chi connectivity index (χ2v) is 8.61. The Kier molecular flexibility index (Phi) is 12.4. The minimum Gasteiger partial charge on any atom is -0.497 e. The summed E-state index contributed by atoms with van der Waals surface area (Å²) in [6, 6.07) is 10.1. The third-order valence-corrected chi connectivity index (χ3v) is 5.98. The zero-order valence-electron chi connectivity index (χ0n) is 21.1. The molecule has 2 rings (SSSR count). The summed E-state index contributed by atoms with van der Waals surface area (Å²) in [5, 5.41) is 4.06. The first-order chi connectivity index (χ1) is 16.2. The van der Waals surface area contributed by atoms with E-state index in [1.807, 2.05) is 25.1 Å². The van der Waals surface area contributed by atoms with Crippen LogP contribution in [0.15, 0.2) is 35.4 Å². The van der Waals surface area contributed by atoms with Crippen LogP contribution in [0.4, 0.5) is 5.69 Å². The molecule has 0 aromatic heterocycles. The average Bonchev–Trinajstić information content (AvgIpc) is 2.84. The molecule has 0 aliphatic rings. The lowest BCUT2D eigenvalue weighted by molar-refractivity contribution is -0.210. The van der Waals surface area contributed by atoms with Crippen molar-refractivity contribution in [2.75, 3.05) is 20.3 Å². The number of nitrogens with two attached hydrogens (primary N) is 1. The molecule has 33 heavy (non-hydrogen) atoms. The second-order valence-electron chi connectivity index (χ2n) is 8.61. The fraction of sp³-hybridized carbons (Fsp3) is 0.571. The molecule has 0 spiro atoms. The Bertz CT molecular complexity index is 834. The minimum absolute atomic E-state index is 0.658. The third kappa shape index (κ3) is 8.38. The summed E-state index contributed by atoms with van der Waals surface area (Å²) in [5.41, 5.74) is 9.43. The van der Waals surface area contributed by atoms with Gasteiger partial charge in [0.05, 0.1) is 20.3 Å². The van der Waals surface area contributed by atoms with Gasteiger partial charge in [0.25, 0.3) is 0 Å². The van der Waals surface area contributed by atoms with Gasteiger partial charge in [-0.1, -0.05) is 77.3 Å². The van der Waals surface area contributed by atoms with Gasteiger partial charge in [0, 0.05) is 11.1 Å². The van der Waals surface area contributed by atoms with Crippen molar-refractivity contribution in [1.29, 1.82) is 0 Å². The predicted octanol–water partition coefficient (Wildman–Crippen LogP) is 7.21. The van der Waals surface area contributed by atoms with Crippen molar-refractivity contribution in [3.63, 3.8) is 0 Å². The maximum atomic E-state index is 6.32. The van der Waals surface area contributed by atoms with E-state index in [1.54, 1.807) is 7.11 Å². The van der Waals surface area contributed by atoms with Crippen LogP contribution in [0, 0.1) is 6.92 Å². The molecule has 2 aromatic carbocycles. The van der Waals surface area contributed by atoms with Crippen LogP contribution in [0.25, 0.3) is 11.1 Å². The molecular weight excluding hydrogens is 412 g/mol. The lowest BCUT2D eigenvalue weighted by Gasteiger charge is -2.18. The molecule has 0 heterocycles. The highest BCUT2D eigenvalue weighted by atomic mass is 16.5. The smallest absolute Gasteiger partial charge is 0.178 e. The molecule has 2 N–H and O–H groups in total. The zero-order chi connectivity index (χ0) is 23.9. The molecule has 0 atom stereocenters. The van der Waals surface area contributed by atoms with E-state index in [0.29, 0.717) is 24.7 Å². The van der Waals surface area contributed by atoms with Gasteiger partial charge in [-0.2, -0.15) is 5.53 Å². The van der Waals surface area contributed by atoms with Gasteiger partial charge in [0.15, 0.2) is 11.4 Å². The highest BCUT2D eigenvalue weighted by Gasteiger charge is 2.20. The lowest BCUT2D eigenvalue weighted by Crippen LogP contribution is -2.22.